The van der Waals surface area contributed by atoms with Crippen LogP contribution in [0.5, 0.6) is 0 Å². The van der Waals surface area contributed by atoms with Crippen molar-refractivity contribution in [1.82, 2.24) is 4.90 Å². The average molecular weight is 367 g/mol. The summed E-state index contributed by atoms with van der Waals surface area (Å²) in [4.78, 5) is 17.6. The molecule has 0 spiro atoms. The molecule has 3 rings (SSSR count). The summed E-state index contributed by atoms with van der Waals surface area (Å²) < 4.78 is 5.46. The Morgan fingerprint density at radius 3 is 2.26 bits per heavy atom. The van der Waals surface area contributed by atoms with Crippen LogP contribution in [0.1, 0.15) is 25.5 Å². The van der Waals surface area contributed by atoms with Gasteiger partial charge in [-0.05, 0) is 43.7 Å². The molecule has 1 unspecified atom stereocenters. The molecule has 144 valence electrons. The lowest BCUT2D eigenvalue weighted by molar-refractivity contribution is -0.123. The minimum Gasteiger partial charge on any atom is -0.379 e. The van der Waals surface area contributed by atoms with E-state index in [1.165, 1.54) is 5.69 Å². The van der Waals surface area contributed by atoms with Gasteiger partial charge in [-0.2, -0.15) is 0 Å². The van der Waals surface area contributed by atoms with Crippen molar-refractivity contribution in [3.05, 3.63) is 60.2 Å². The molecule has 0 radical (unpaired) electrons. The van der Waals surface area contributed by atoms with Crippen molar-refractivity contribution in [3.63, 3.8) is 0 Å². The van der Waals surface area contributed by atoms with Crippen LogP contribution < -0.4 is 10.2 Å². The molecule has 0 aliphatic carbocycles. The van der Waals surface area contributed by atoms with Crippen molar-refractivity contribution >= 4 is 17.3 Å². The first kappa shape index (κ1) is 19.4. The molecule has 2 aromatic carbocycles. The Morgan fingerprint density at radius 1 is 1.04 bits per heavy atom. The maximum atomic E-state index is 13.1. The zero-order valence-corrected chi connectivity index (χ0v) is 16.2. The summed E-state index contributed by atoms with van der Waals surface area (Å²) in [5.41, 5.74) is 3.01. The molecule has 1 aliphatic rings. The molecule has 1 fully saturated rings. The summed E-state index contributed by atoms with van der Waals surface area (Å²) >= 11 is 0. The van der Waals surface area contributed by atoms with E-state index in [4.69, 9.17) is 4.74 Å². The first-order valence-corrected chi connectivity index (χ1v) is 9.75. The van der Waals surface area contributed by atoms with Crippen molar-refractivity contribution < 1.29 is 9.53 Å². The summed E-state index contributed by atoms with van der Waals surface area (Å²) in [6.45, 7) is 9.06. The fourth-order valence-electron chi connectivity index (χ4n) is 3.55. The minimum atomic E-state index is -0.308. The highest BCUT2D eigenvalue weighted by Gasteiger charge is 2.29. The van der Waals surface area contributed by atoms with E-state index in [1.54, 1.807) is 0 Å². The predicted octanol–water partition coefficient (Wildman–Crippen LogP) is 3.54. The zero-order valence-electron chi connectivity index (χ0n) is 16.2. The number of benzene rings is 2. The zero-order chi connectivity index (χ0) is 19.1. The Bertz CT molecular complexity index is 708. The van der Waals surface area contributed by atoms with Gasteiger partial charge in [-0.3, -0.25) is 9.69 Å². The first-order chi connectivity index (χ1) is 13.2. The third-order valence-electron chi connectivity index (χ3n) is 5.04. The number of nitrogens with one attached hydrogen (secondary N) is 1. The molecule has 1 aliphatic heterocycles. The molecule has 0 aromatic heterocycles. The van der Waals surface area contributed by atoms with E-state index < -0.39 is 0 Å². The van der Waals surface area contributed by atoms with Crippen molar-refractivity contribution in [2.45, 2.75) is 19.9 Å². The van der Waals surface area contributed by atoms with Gasteiger partial charge >= 0.3 is 0 Å². The maximum Gasteiger partial charge on any atom is 0.246 e. The number of rotatable bonds is 7. The molecule has 1 atom stereocenters. The number of carbonyl (C=O) groups excluding carboxylic acids is 1. The Balaban J connectivity index is 1.76. The number of carbonyl (C=O) groups is 1. The van der Waals surface area contributed by atoms with Gasteiger partial charge in [0.2, 0.25) is 5.91 Å². The quantitative estimate of drug-likeness (QED) is 0.813. The molecular weight excluding hydrogens is 338 g/mol. The monoisotopic (exact) mass is 367 g/mol. The Hall–Kier alpha value is -2.37. The van der Waals surface area contributed by atoms with Crippen LogP contribution in [-0.4, -0.2) is 50.2 Å². The molecule has 1 heterocycles. The van der Waals surface area contributed by atoms with Crippen LogP contribution in [0.2, 0.25) is 0 Å². The molecule has 5 nitrogen and oxygen atoms in total. The van der Waals surface area contributed by atoms with Gasteiger partial charge in [-0.15, -0.1) is 0 Å². The number of nitrogens with zero attached hydrogens (tertiary/aromatic N) is 2. The van der Waals surface area contributed by atoms with Crippen molar-refractivity contribution in [2.75, 3.05) is 49.6 Å². The summed E-state index contributed by atoms with van der Waals surface area (Å²) in [5, 5.41) is 3.10. The van der Waals surface area contributed by atoms with E-state index in [1.807, 2.05) is 42.5 Å². The number of morpholine rings is 1. The van der Waals surface area contributed by atoms with Gasteiger partial charge in [-0.25, -0.2) is 0 Å². The van der Waals surface area contributed by atoms with Gasteiger partial charge in [0.15, 0.2) is 0 Å². The second-order valence-corrected chi connectivity index (χ2v) is 6.67. The smallest absolute Gasteiger partial charge is 0.246 e. The van der Waals surface area contributed by atoms with Crippen molar-refractivity contribution in [2.24, 2.45) is 0 Å². The molecule has 27 heavy (non-hydrogen) atoms. The highest BCUT2D eigenvalue weighted by atomic mass is 16.5. The van der Waals surface area contributed by atoms with Gasteiger partial charge < -0.3 is 15.0 Å². The van der Waals surface area contributed by atoms with Gasteiger partial charge in [0, 0.05) is 37.6 Å². The Morgan fingerprint density at radius 2 is 1.67 bits per heavy atom. The second kappa shape index (κ2) is 9.53. The molecule has 2 aromatic rings. The van der Waals surface area contributed by atoms with E-state index in [-0.39, 0.29) is 11.9 Å². The Labute approximate surface area is 161 Å². The van der Waals surface area contributed by atoms with Crippen molar-refractivity contribution in [3.8, 4) is 0 Å². The number of ether oxygens (including phenoxy) is 1. The summed E-state index contributed by atoms with van der Waals surface area (Å²) in [6, 6.07) is 17.8. The van der Waals surface area contributed by atoms with Crippen LogP contribution in [0.15, 0.2) is 54.6 Å². The summed E-state index contributed by atoms with van der Waals surface area (Å²) in [6.07, 6.45) is 0. The lowest BCUT2D eigenvalue weighted by Crippen LogP contribution is -2.43. The fraction of sp³-hybridized carbons (Fsp3) is 0.409. The molecular formula is C22H29N3O2. The number of anilines is 2. The average Bonchev–Trinajstić information content (AvgIpc) is 2.72. The van der Waals surface area contributed by atoms with E-state index in [9.17, 15) is 4.79 Å². The van der Waals surface area contributed by atoms with Crippen LogP contribution in [0.3, 0.4) is 0 Å². The number of amides is 1. The summed E-state index contributed by atoms with van der Waals surface area (Å²) in [7, 11) is 0. The van der Waals surface area contributed by atoms with Crippen LogP contribution >= 0.6 is 0 Å². The molecule has 0 saturated carbocycles. The maximum absolute atomic E-state index is 13.1. The normalized spacial score (nSPS) is 15.9. The topological polar surface area (TPSA) is 44.8 Å². The molecule has 0 bridgehead atoms. The highest BCUT2D eigenvalue weighted by Crippen LogP contribution is 2.25. The summed E-state index contributed by atoms with van der Waals surface area (Å²) in [5.74, 6) is -0.00121. The van der Waals surface area contributed by atoms with Crippen molar-refractivity contribution in [1.29, 1.82) is 0 Å². The molecule has 1 N–H and O–H groups in total. The van der Waals surface area contributed by atoms with Crippen LogP contribution in [0.25, 0.3) is 0 Å². The second-order valence-electron chi connectivity index (χ2n) is 6.67. The fourth-order valence-corrected chi connectivity index (χ4v) is 3.55. The lowest BCUT2D eigenvalue weighted by atomic mass is 10.0. The molecule has 1 amide bonds. The highest BCUT2D eigenvalue weighted by molar-refractivity contribution is 5.95. The third-order valence-corrected chi connectivity index (χ3v) is 5.04. The van der Waals surface area contributed by atoms with Crippen LogP contribution in [-0.2, 0) is 9.53 Å². The lowest BCUT2D eigenvalue weighted by Gasteiger charge is -2.33. The Kier molecular flexibility index (Phi) is 6.85. The molecule has 1 saturated heterocycles. The van der Waals surface area contributed by atoms with Gasteiger partial charge in [0.05, 0.1) is 13.2 Å². The van der Waals surface area contributed by atoms with Gasteiger partial charge in [-0.1, -0.05) is 30.3 Å². The SMILES string of the molecule is CCN(CC)c1ccc(NC(=O)C(c2ccccc2)N2CCOCC2)cc1. The van der Waals surface area contributed by atoms with Crippen LogP contribution in [0, 0.1) is 0 Å². The van der Waals surface area contributed by atoms with E-state index in [2.05, 4.69) is 41.1 Å². The van der Waals surface area contributed by atoms with Gasteiger partial charge in [0.1, 0.15) is 6.04 Å². The number of hydrogen-bond donors (Lipinski definition) is 1. The van der Waals surface area contributed by atoms with E-state index in [0.717, 1.165) is 37.4 Å². The van der Waals surface area contributed by atoms with Crippen LogP contribution in [0.4, 0.5) is 11.4 Å². The van der Waals surface area contributed by atoms with E-state index in [0.29, 0.717) is 13.2 Å². The minimum absolute atomic E-state index is 0.00121. The molecule has 5 heteroatoms. The number of hydrogen-bond acceptors (Lipinski definition) is 4. The van der Waals surface area contributed by atoms with Gasteiger partial charge in [0.25, 0.3) is 0 Å². The third kappa shape index (κ3) is 4.87. The van der Waals surface area contributed by atoms with E-state index >= 15 is 0 Å². The standard InChI is InChI=1S/C22H29N3O2/c1-3-24(4-2)20-12-10-19(11-13-20)23-22(26)21(18-8-6-5-7-9-18)25-14-16-27-17-15-25/h5-13,21H,3-4,14-17H2,1-2H3,(H,23,26). The predicted molar refractivity (Wildman–Crippen MR) is 110 cm³/mol. The largest absolute Gasteiger partial charge is 0.379 e. The first-order valence-electron chi connectivity index (χ1n) is 9.75.